The van der Waals surface area contributed by atoms with Gasteiger partial charge in [-0.05, 0) is 87.0 Å². The second kappa shape index (κ2) is 12.2. The fourth-order valence-electron chi connectivity index (χ4n) is 10.5. The number of thiophene rings is 1. The largest absolute Gasteiger partial charge is 0.455 e. The van der Waals surface area contributed by atoms with Crippen molar-refractivity contribution < 1.29 is 4.42 Å². The van der Waals surface area contributed by atoms with Crippen molar-refractivity contribution in [3.63, 3.8) is 0 Å². The van der Waals surface area contributed by atoms with Gasteiger partial charge in [-0.15, -0.1) is 11.3 Å². The van der Waals surface area contributed by atoms with Gasteiger partial charge in [-0.3, -0.25) is 0 Å². The zero-order valence-corrected chi connectivity index (χ0v) is 33.7. The molecule has 13 rings (SSSR count). The van der Waals surface area contributed by atoms with Gasteiger partial charge in [0.15, 0.2) is 17.5 Å². The molecule has 0 atom stereocenters. The molecule has 0 radical (unpaired) electrons. The van der Waals surface area contributed by atoms with Crippen molar-refractivity contribution in [1.29, 1.82) is 0 Å². The Labute approximate surface area is 350 Å². The number of aromatic nitrogens is 3. The van der Waals surface area contributed by atoms with E-state index in [1.54, 1.807) is 0 Å². The predicted octanol–water partition coefficient (Wildman–Crippen LogP) is 14.1. The fraction of sp³-hybridized carbons (Fsp3) is 0.0727. The molecular weight excluding hydrogens is 751 g/mol. The third-order valence-electron chi connectivity index (χ3n) is 13.2. The van der Waals surface area contributed by atoms with Gasteiger partial charge in [0.2, 0.25) is 0 Å². The van der Waals surface area contributed by atoms with Gasteiger partial charge in [-0.2, -0.15) is 0 Å². The van der Waals surface area contributed by atoms with Crippen molar-refractivity contribution in [3.8, 4) is 45.3 Å². The lowest BCUT2D eigenvalue weighted by Gasteiger charge is -2.46. The van der Waals surface area contributed by atoms with Crippen molar-refractivity contribution in [3.05, 3.63) is 209 Å². The highest BCUT2D eigenvalue weighted by Gasteiger charge is 2.53. The lowest BCUT2D eigenvalue weighted by Crippen LogP contribution is -2.40. The summed E-state index contributed by atoms with van der Waals surface area (Å²) in [6.07, 6.45) is 0. The van der Waals surface area contributed by atoms with Crippen molar-refractivity contribution in [2.45, 2.75) is 24.7 Å². The van der Waals surface area contributed by atoms with Gasteiger partial charge in [-0.1, -0.05) is 147 Å². The zero-order valence-electron chi connectivity index (χ0n) is 32.9. The van der Waals surface area contributed by atoms with Crippen LogP contribution in [0.4, 0.5) is 0 Å². The number of hydrogen-bond acceptors (Lipinski definition) is 5. The summed E-state index contributed by atoms with van der Waals surface area (Å²) in [6, 6.07) is 63.6. The summed E-state index contributed by atoms with van der Waals surface area (Å²) in [7, 11) is 0. The maximum Gasteiger partial charge on any atom is 0.167 e. The van der Waals surface area contributed by atoms with Crippen LogP contribution in [0.1, 0.15) is 47.2 Å². The average molecular weight is 786 g/mol. The molecule has 11 aromatic rings. The van der Waals surface area contributed by atoms with Crippen LogP contribution in [0.5, 0.6) is 0 Å². The molecule has 3 heterocycles. The minimum absolute atomic E-state index is 0.158. The van der Waals surface area contributed by atoms with E-state index in [-0.39, 0.29) is 5.41 Å². The molecule has 0 amide bonds. The van der Waals surface area contributed by atoms with E-state index in [0.29, 0.717) is 17.5 Å². The first-order valence-electron chi connectivity index (χ1n) is 20.5. The Morgan fingerprint density at radius 1 is 0.400 bits per heavy atom. The van der Waals surface area contributed by atoms with Crippen LogP contribution < -0.4 is 0 Å². The number of nitrogens with zero attached hydrogens (tertiary/aromatic N) is 3. The van der Waals surface area contributed by atoms with Gasteiger partial charge in [0.05, 0.1) is 11.0 Å². The second-order valence-electron chi connectivity index (χ2n) is 16.7. The Morgan fingerprint density at radius 2 is 0.950 bits per heavy atom. The topological polar surface area (TPSA) is 51.8 Å². The van der Waals surface area contributed by atoms with Crippen LogP contribution in [0.15, 0.2) is 180 Å². The van der Waals surface area contributed by atoms with E-state index in [0.717, 1.165) is 38.6 Å². The molecule has 0 saturated heterocycles. The van der Waals surface area contributed by atoms with Gasteiger partial charge in [0, 0.05) is 47.5 Å². The standard InChI is InChI=1S/C55H35N3OS/c1-54(2)43-20-7-9-22-45(43)55(46-23-10-8-21-44(46)54)41-19-6-3-14-34(41)39-30-32(26-28-42(39)55)51-56-52(33-27-29-49-40(31-33)36-16-5-12-25-48(36)60-49)58-53(57-51)38-18-13-17-37-35-15-4-11-24-47(35)59-50(37)38/h3-31H,1-2H3. The smallest absolute Gasteiger partial charge is 0.167 e. The third kappa shape index (κ3) is 4.47. The molecule has 0 unspecified atom stereocenters. The predicted molar refractivity (Wildman–Crippen MR) is 246 cm³/mol. The molecule has 0 fully saturated rings. The first-order chi connectivity index (χ1) is 29.5. The van der Waals surface area contributed by atoms with Crippen molar-refractivity contribution in [2.24, 2.45) is 0 Å². The molecule has 0 bridgehead atoms. The van der Waals surface area contributed by atoms with Crippen LogP contribution in [0.25, 0.3) is 87.4 Å². The van der Waals surface area contributed by atoms with Crippen LogP contribution in [-0.4, -0.2) is 15.0 Å². The number of para-hydroxylation sites is 2. The van der Waals surface area contributed by atoms with Crippen LogP contribution in [0, 0.1) is 0 Å². The van der Waals surface area contributed by atoms with Crippen molar-refractivity contribution >= 4 is 53.4 Å². The Hall–Kier alpha value is -7.21. The SMILES string of the molecule is CC1(C)c2ccccc2C2(c3ccccc3-c3cc(-c4nc(-c5ccc6sc7ccccc7c6c5)nc(-c5cccc6c5oc5ccccc56)n4)ccc32)c2ccccc21. The molecule has 0 aliphatic heterocycles. The molecule has 0 saturated carbocycles. The number of hydrogen-bond donors (Lipinski definition) is 0. The molecule has 60 heavy (non-hydrogen) atoms. The van der Waals surface area contributed by atoms with E-state index in [2.05, 4.69) is 178 Å². The first kappa shape index (κ1) is 33.7. The second-order valence-corrected chi connectivity index (χ2v) is 17.8. The fourth-order valence-corrected chi connectivity index (χ4v) is 11.6. The average Bonchev–Trinajstić information content (AvgIpc) is 3.96. The monoisotopic (exact) mass is 785 g/mol. The van der Waals surface area contributed by atoms with Crippen molar-refractivity contribution in [2.75, 3.05) is 0 Å². The number of fused-ring (bicyclic) bond motifs is 15. The molecule has 8 aromatic carbocycles. The minimum Gasteiger partial charge on any atom is -0.455 e. The van der Waals surface area contributed by atoms with E-state index in [9.17, 15) is 0 Å². The normalized spacial score (nSPS) is 14.4. The summed E-state index contributed by atoms with van der Waals surface area (Å²) >= 11 is 1.81. The summed E-state index contributed by atoms with van der Waals surface area (Å²) < 4.78 is 9.06. The van der Waals surface area contributed by atoms with Crippen LogP contribution in [0.2, 0.25) is 0 Å². The van der Waals surface area contributed by atoms with Gasteiger partial charge in [0.25, 0.3) is 0 Å². The van der Waals surface area contributed by atoms with E-state index < -0.39 is 5.41 Å². The summed E-state index contributed by atoms with van der Waals surface area (Å²) in [5.41, 5.74) is 14.1. The highest BCUT2D eigenvalue weighted by atomic mass is 32.1. The van der Waals surface area contributed by atoms with Crippen LogP contribution in [-0.2, 0) is 10.8 Å². The Kier molecular flexibility index (Phi) is 6.84. The van der Waals surface area contributed by atoms with E-state index in [4.69, 9.17) is 19.4 Å². The van der Waals surface area contributed by atoms with Gasteiger partial charge in [-0.25, -0.2) is 15.0 Å². The maximum absolute atomic E-state index is 6.56. The van der Waals surface area contributed by atoms with E-state index >= 15 is 0 Å². The Bertz CT molecular complexity index is 3560. The molecule has 5 heteroatoms. The molecule has 3 aromatic heterocycles. The lowest BCUT2D eigenvalue weighted by atomic mass is 9.55. The zero-order chi connectivity index (χ0) is 39.7. The van der Waals surface area contributed by atoms with Crippen LogP contribution in [0.3, 0.4) is 0 Å². The summed E-state index contributed by atoms with van der Waals surface area (Å²) in [5, 5.41) is 4.54. The highest BCUT2D eigenvalue weighted by Crippen LogP contribution is 2.62. The number of benzene rings is 8. The summed E-state index contributed by atoms with van der Waals surface area (Å²) in [6.45, 7) is 4.73. The quantitative estimate of drug-likeness (QED) is 0.179. The first-order valence-corrected chi connectivity index (χ1v) is 21.3. The van der Waals surface area contributed by atoms with Gasteiger partial charge in [0.1, 0.15) is 11.2 Å². The maximum atomic E-state index is 6.56. The van der Waals surface area contributed by atoms with Crippen LogP contribution >= 0.6 is 11.3 Å². The third-order valence-corrected chi connectivity index (χ3v) is 14.4. The molecule has 282 valence electrons. The molecule has 1 spiro atoms. The van der Waals surface area contributed by atoms with Gasteiger partial charge < -0.3 is 4.42 Å². The molecule has 4 nitrogen and oxygen atoms in total. The highest BCUT2D eigenvalue weighted by molar-refractivity contribution is 7.25. The minimum atomic E-state index is -0.474. The Morgan fingerprint density at radius 3 is 1.73 bits per heavy atom. The summed E-state index contributed by atoms with van der Waals surface area (Å²) in [4.78, 5) is 15.9. The Balaban J connectivity index is 1.06. The molecule has 2 aliphatic carbocycles. The number of furan rings is 1. The van der Waals surface area contributed by atoms with Gasteiger partial charge >= 0.3 is 0 Å². The molecule has 2 aliphatic rings. The van der Waals surface area contributed by atoms with E-state index in [1.807, 2.05) is 23.5 Å². The summed E-state index contributed by atoms with van der Waals surface area (Å²) in [5.74, 6) is 1.81. The van der Waals surface area contributed by atoms with E-state index in [1.165, 1.54) is 64.7 Å². The lowest BCUT2D eigenvalue weighted by molar-refractivity contribution is 0.563. The molecule has 0 N–H and O–H groups in total. The number of rotatable bonds is 3. The van der Waals surface area contributed by atoms with Crippen molar-refractivity contribution in [1.82, 2.24) is 15.0 Å². The molecular formula is C55H35N3OS.